The Labute approximate surface area is 84.0 Å². The molecular formula is C10H19BrO. The van der Waals surface area contributed by atoms with Crippen molar-refractivity contribution in [1.82, 2.24) is 0 Å². The first kappa shape index (κ1) is 12.2. The molecule has 0 spiro atoms. The molecule has 0 rings (SSSR count). The normalized spacial score (nSPS) is 15.4. The Morgan fingerprint density at radius 2 is 2.08 bits per heavy atom. The lowest BCUT2D eigenvalue weighted by Crippen LogP contribution is -2.27. The van der Waals surface area contributed by atoms with Gasteiger partial charge in [-0.3, -0.25) is 0 Å². The van der Waals surface area contributed by atoms with Crippen molar-refractivity contribution in [2.24, 2.45) is 5.41 Å². The van der Waals surface area contributed by atoms with Crippen LogP contribution in [-0.2, 0) is 0 Å². The topological polar surface area (TPSA) is 20.2 Å². The Kier molecular flexibility index (Phi) is 5.85. The highest BCUT2D eigenvalue weighted by atomic mass is 79.9. The number of hydrogen-bond donors (Lipinski definition) is 1. The summed E-state index contributed by atoms with van der Waals surface area (Å²) in [5.41, 5.74) is 0.000278. The molecule has 0 aliphatic rings. The first-order chi connectivity index (χ1) is 5.54. The fourth-order valence-electron chi connectivity index (χ4n) is 1.11. The fraction of sp³-hybridized carbons (Fsp3) is 0.800. The van der Waals surface area contributed by atoms with Crippen LogP contribution in [0.3, 0.4) is 0 Å². The molecule has 12 heavy (non-hydrogen) atoms. The third kappa shape index (κ3) is 4.27. The van der Waals surface area contributed by atoms with Gasteiger partial charge >= 0.3 is 0 Å². The molecule has 2 heteroatoms. The molecule has 0 aromatic carbocycles. The summed E-state index contributed by atoms with van der Waals surface area (Å²) in [7, 11) is 0. The van der Waals surface area contributed by atoms with Crippen molar-refractivity contribution in [3.05, 3.63) is 11.1 Å². The van der Waals surface area contributed by atoms with Gasteiger partial charge in [-0.2, -0.15) is 0 Å². The van der Waals surface area contributed by atoms with Crippen LogP contribution in [0.5, 0.6) is 0 Å². The largest absolute Gasteiger partial charge is 0.388 e. The molecule has 0 aliphatic carbocycles. The summed E-state index contributed by atoms with van der Waals surface area (Å²) < 4.78 is 0. The molecule has 0 aromatic heterocycles. The summed E-state index contributed by atoms with van der Waals surface area (Å²) in [6, 6.07) is 0. The van der Waals surface area contributed by atoms with Crippen molar-refractivity contribution in [2.45, 2.75) is 46.1 Å². The van der Waals surface area contributed by atoms with E-state index in [1.807, 2.05) is 0 Å². The van der Waals surface area contributed by atoms with E-state index in [0.29, 0.717) is 0 Å². The number of aliphatic hydroxyl groups is 1. The lowest BCUT2D eigenvalue weighted by atomic mass is 9.82. The minimum absolute atomic E-state index is 0.000278. The minimum atomic E-state index is -0.344. The van der Waals surface area contributed by atoms with Crippen LogP contribution in [0.1, 0.15) is 40.0 Å². The van der Waals surface area contributed by atoms with E-state index in [1.54, 1.807) is 11.1 Å². The summed E-state index contributed by atoms with van der Waals surface area (Å²) in [4.78, 5) is 1.73. The molecule has 0 amide bonds. The van der Waals surface area contributed by atoms with Gasteiger partial charge in [0.15, 0.2) is 0 Å². The first-order valence-corrected chi connectivity index (χ1v) is 5.41. The average molecular weight is 235 g/mol. The van der Waals surface area contributed by atoms with E-state index in [1.165, 1.54) is 12.8 Å². The highest BCUT2D eigenvalue weighted by Gasteiger charge is 2.24. The van der Waals surface area contributed by atoms with E-state index in [0.717, 1.165) is 6.42 Å². The summed E-state index contributed by atoms with van der Waals surface area (Å²) >= 11 is 3.17. The Morgan fingerprint density at radius 3 is 2.50 bits per heavy atom. The SMILES string of the molecule is CCCCC(C)(C)[C@H](O)C=CBr. The van der Waals surface area contributed by atoms with E-state index in [2.05, 4.69) is 36.7 Å². The molecule has 0 fully saturated rings. The number of aliphatic hydroxyl groups excluding tert-OH is 1. The molecule has 0 radical (unpaired) electrons. The second-order valence-corrected chi connectivity index (χ2v) is 4.38. The zero-order valence-corrected chi connectivity index (χ0v) is 9.76. The lowest BCUT2D eigenvalue weighted by Gasteiger charge is -2.28. The van der Waals surface area contributed by atoms with Crippen molar-refractivity contribution < 1.29 is 5.11 Å². The standard InChI is InChI=1S/C10H19BrO/c1-4-5-7-10(2,3)9(12)6-8-11/h6,8-9,12H,4-5,7H2,1-3H3/t9-/m1/s1. The molecular weight excluding hydrogens is 216 g/mol. The zero-order chi connectivity index (χ0) is 9.61. The van der Waals surface area contributed by atoms with Crippen molar-refractivity contribution in [2.75, 3.05) is 0 Å². The van der Waals surface area contributed by atoms with Crippen molar-refractivity contribution in [1.29, 1.82) is 0 Å². The van der Waals surface area contributed by atoms with Crippen LogP contribution in [0.2, 0.25) is 0 Å². The average Bonchev–Trinajstić information content (AvgIpc) is 2.01. The highest BCUT2D eigenvalue weighted by Crippen LogP contribution is 2.28. The molecule has 0 aliphatic heterocycles. The van der Waals surface area contributed by atoms with Gasteiger partial charge in [0, 0.05) is 0 Å². The van der Waals surface area contributed by atoms with Crippen molar-refractivity contribution in [3.8, 4) is 0 Å². The zero-order valence-electron chi connectivity index (χ0n) is 8.18. The minimum Gasteiger partial charge on any atom is -0.388 e. The first-order valence-electron chi connectivity index (χ1n) is 4.49. The van der Waals surface area contributed by atoms with E-state index < -0.39 is 0 Å². The Balaban J connectivity index is 3.98. The van der Waals surface area contributed by atoms with Gasteiger partial charge in [0.25, 0.3) is 0 Å². The molecule has 0 saturated heterocycles. The van der Waals surface area contributed by atoms with Gasteiger partial charge in [-0.15, -0.1) is 0 Å². The molecule has 1 N–H and O–H groups in total. The summed E-state index contributed by atoms with van der Waals surface area (Å²) in [5, 5.41) is 9.69. The fourth-order valence-corrected chi connectivity index (χ4v) is 1.40. The monoisotopic (exact) mass is 234 g/mol. The molecule has 0 unspecified atom stereocenters. The summed E-state index contributed by atoms with van der Waals surface area (Å²) in [6.07, 6.45) is 4.88. The van der Waals surface area contributed by atoms with E-state index >= 15 is 0 Å². The predicted octanol–water partition coefficient (Wildman–Crippen LogP) is 3.47. The van der Waals surface area contributed by atoms with Gasteiger partial charge in [0.05, 0.1) is 6.10 Å². The summed E-state index contributed by atoms with van der Waals surface area (Å²) in [5.74, 6) is 0. The number of halogens is 1. The molecule has 1 nitrogen and oxygen atoms in total. The molecule has 0 heterocycles. The van der Waals surface area contributed by atoms with Gasteiger partial charge in [0.1, 0.15) is 0 Å². The number of unbranched alkanes of at least 4 members (excludes halogenated alkanes) is 1. The van der Waals surface area contributed by atoms with E-state index in [9.17, 15) is 5.11 Å². The Hall–Kier alpha value is 0.180. The molecule has 72 valence electrons. The van der Waals surface area contributed by atoms with Crippen LogP contribution in [0.25, 0.3) is 0 Å². The second kappa shape index (κ2) is 5.76. The Morgan fingerprint density at radius 1 is 1.50 bits per heavy atom. The van der Waals surface area contributed by atoms with Gasteiger partial charge in [-0.1, -0.05) is 49.5 Å². The number of hydrogen-bond acceptors (Lipinski definition) is 1. The van der Waals surface area contributed by atoms with Crippen LogP contribution < -0.4 is 0 Å². The van der Waals surface area contributed by atoms with E-state index in [4.69, 9.17) is 0 Å². The third-order valence-electron chi connectivity index (χ3n) is 2.23. The van der Waals surface area contributed by atoms with Gasteiger partial charge in [-0.25, -0.2) is 0 Å². The van der Waals surface area contributed by atoms with Gasteiger partial charge in [-0.05, 0) is 22.9 Å². The maximum atomic E-state index is 9.69. The highest BCUT2D eigenvalue weighted by molar-refractivity contribution is 9.11. The van der Waals surface area contributed by atoms with Crippen molar-refractivity contribution in [3.63, 3.8) is 0 Å². The van der Waals surface area contributed by atoms with Gasteiger partial charge < -0.3 is 5.11 Å². The van der Waals surface area contributed by atoms with Crippen LogP contribution in [0.15, 0.2) is 11.1 Å². The van der Waals surface area contributed by atoms with Crippen LogP contribution >= 0.6 is 15.9 Å². The second-order valence-electron chi connectivity index (χ2n) is 3.86. The van der Waals surface area contributed by atoms with E-state index in [-0.39, 0.29) is 11.5 Å². The third-order valence-corrected chi connectivity index (χ3v) is 2.54. The maximum absolute atomic E-state index is 9.69. The predicted molar refractivity (Wildman–Crippen MR) is 57.4 cm³/mol. The quantitative estimate of drug-likeness (QED) is 0.773. The molecule has 0 bridgehead atoms. The Bertz CT molecular complexity index is 141. The van der Waals surface area contributed by atoms with Crippen LogP contribution in [-0.4, -0.2) is 11.2 Å². The van der Waals surface area contributed by atoms with Crippen molar-refractivity contribution >= 4 is 15.9 Å². The number of rotatable bonds is 5. The summed E-state index contributed by atoms with van der Waals surface area (Å²) in [6.45, 7) is 6.36. The molecule has 0 saturated carbocycles. The lowest BCUT2D eigenvalue weighted by molar-refractivity contribution is 0.0818. The smallest absolute Gasteiger partial charge is 0.0779 e. The van der Waals surface area contributed by atoms with Crippen LogP contribution in [0, 0.1) is 5.41 Å². The van der Waals surface area contributed by atoms with Gasteiger partial charge in [0.2, 0.25) is 0 Å². The molecule has 1 atom stereocenters. The maximum Gasteiger partial charge on any atom is 0.0779 e. The molecule has 0 aromatic rings. The van der Waals surface area contributed by atoms with Crippen LogP contribution in [0.4, 0.5) is 0 Å².